The summed E-state index contributed by atoms with van der Waals surface area (Å²) in [5.41, 5.74) is 0. The second kappa shape index (κ2) is 6.73. The number of hydrogen-bond acceptors (Lipinski definition) is 5. The molecular weight excluding hydrogens is 252 g/mol. The van der Waals surface area contributed by atoms with Crippen molar-refractivity contribution in [2.24, 2.45) is 0 Å². The van der Waals surface area contributed by atoms with E-state index in [1.807, 2.05) is 4.72 Å². The SMILES string of the molecule is CSCCC(NS(=O)(=O)C(C)C#N)C(=O)O. The largest absolute Gasteiger partial charge is 0.480 e. The molecule has 0 aromatic heterocycles. The van der Waals surface area contributed by atoms with Crippen LogP contribution >= 0.6 is 11.8 Å². The fourth-order valence-corrected chi connectivity index (χ4v) is 2.27. The van der Waals surface area contributed by atoms with Gasteiger partial charge in [0.15, 0.2) is 5.25 Å². The van der Waals surface area contributed by atoms with Crippen molar-refractivity contribution >= 4 is 27.8 Å². The molecule has 0 amide bonds. The first-order chi connectivity index (χ1) is 7.35. The van der Waals surface area contributed by atoms with Gasteiger partial charge in [-0.2, -0.15) is 21.7 Å². The molecule has 0 saturated heterocycles. The molecule has 0 bridgehead atoms. The molecule has 0 heterocycles. The Bertz CT molecular complexity index is 374. The number of carboxylic acids is 1. The van der Waals surface area contributed by atoms with E-state index in [4.69, 9.17) is 10.4 Å². The third kappa shape index (κ3) is 4.83. The van der Waals surface area contributed by atoms with Gasteiger partial charge in [0.2, 0.25) is 10.0 Å². The summed E-state index contributed by atoms with van der Waals surface area (Å²) in [5.74, 6) is -0.705. The number of carboxylic acid groups (broad SMARTS) is 1. The van der Waals surface area contributed by atoms with Crippen LogP contribution in [-0.2, 0) is 14.8 Å². The zero-order valence-electron chi connectivity index (χ0n) is 9.00. The Morgan fingerprint density at radius 2 is 2.19 bits per heavy atom. The molecule has 8 heteroatoms. The molecule has 0 rings (SSSR count). The van der Waals surface area contributed by atoms with Gasteiger partial charge in [-0.25, -0.2) is 8.42 Å². The Kier molecular flexibility index (Phi) is 6.40. The van der Waals surface area contributed by atoms with Crippen LogP contribution in [0.1, 0.15) is 13.3 Å². The van der Waals surface area contributed by atoms with Crippen molar-refractivity contribution in [2.45, 2.75) is 24.6 Å². The molecule has 0 aliphatic heterocycles. The summed E-state index contributed by atoms with van der Waals surface area (Å²) in [7, 11) is -3.89. The number of nitrogens with zero attached hydrogens (tertiary/aromatic N) is 1. The fourth-order valence-electron chi connectivity index (χ4n) is 0.838. The number of nitrogens with one attached hydrogen (secondary N) is 1. The maximum Gasteiger partial charge on any atom is 0.321 e. The first kappa shape index (κ1) is 15.2. The van der Waals surface area contributed by atoms with Gasteiger partial charge >= 0.3 is 5.97 Å². The molecule has 0 fully saturated rings. The van der Waals surface area contributed by atoms with E-state index >= 15 is 0 Å². The number of thioether (sulfide) groups is 1. The number of nitriles is 1. The van der Waals surface area contributed by atoms with Crippen LogP contribution in [-0.4, -0.2) is 42.8 Å². The highest BCUT2D eigenvalue weighted by Crippen LogP contribution is 2.05. The second-order valence-corrected chi connectivity index (χ2v) is 6.12. The van der Waals surface area contributed by atoms with Crippen molar-refractivity contribution < 1.29 is 18.3 Å². The van der Waals surface area contributed by atoms with Gasteiger partial charge in [-0.05, 0) is 25.4 Å². The summed E-state index contributed by atoms with van der Waals surface area (Å²) in [6, 6.07) is 0.384. The lowest BCUT2D eigenvalue weighted by Crippen LogP contribution is -2.44. The van der Waals surface area contributed by atoms with Crippen LogP contribution < -0.4 is 4.72 Å². The quantitative estimate of drug-likeness (QED) is 0.673. The van der Waals surface area contributed by atoms with Crippen molar-refractivity contribution in [2.75, 3.05) is 12.0 Å². The molecule has 92 valence electrons. The Labute approximate surface area is 99.1 Å². The highest BCUT2D eigenvalue weighted by atomic mass is 32.2. The summed E-state index contributed by atoms with van der Waals surface area (Å²) < 4.78 is 24.9. The Morgan fingerprint density at radius 1 is 1.62 bits per heavy atom. The average molecular weight is 266 g/mol. The first-order valence-electron chi connectivity index (χ1n) is 4.47. The van der Waals surface area contributed by atoms with E-state index in [9.17, 15) is 13.2 Å². The zero-order chi connectivity index (χ0) is 12.8. The minimum Gasteiger partial charge on any atom is -0.480 e. The van der Waals surface area contributed by atoms with Crippen LogP contribution in [0.5, 0.6) is 0 Å². The molecule has 0 radical (unpaired) electrons. The number of hydrogen-bond donors (Lipinski definition) is 2. The van der Waals surface area contributed by atoms with Crippen LogP contribution in [0.3, 0.4) is 0 Å². The highest BCUT2D eigenvalue weighted by Gasteiger charge is 2.27. The van der Waals surface area contributed by atoms with Crippen molar-refractivity contribution in [3.8, 4) is 6.07 Å². The summed E-state index contributed by atoms with van der Waals surface area (Å²) in [6.45, 7) is 1.20. The van der Waals surface area contributed by atoms with Gasteiger partial charge in [0.1, 0.15) is 6.04 Å². The molecular formula is C8H14N2O4S2. The van der Waals surface area contributed by atoms with Crippen LogP contribution in [0.4, 0.5) is 0 Å². The van der Waals surface area contributed by atoms with E-state index in [1.165, 1.54) is 18.7 Å². The third-order valence-electron chi connectivity index (χ3n) is 1.86. The second-order valence-electron chi connectivity index (χ2n) is 3.11. The average Bonchev–Trinajstić information content (AvgIpc) is 2.22. The standard InChI is InChI=1S/C8H14N2O4S2/c1-6(5-9)16(13,14)10-7(8(11)12)3-4-15-2/h6-7,10H,3-4H2,1-2H3,(H,11,12). The summed E-state index contributed by atoms with van der Waals surface area (Å²) >= 11 is 1.42. The van der Waals surface area contributed by atoms with Gasteiger partial charge in [0, 0.05) is 0 Å². The van der Waals surface area contributed by atoms with E-state index in [-0.39, 0.29) is 6.42 Å². The lowest BCUT2D eigenvalue weighted by molar-refractivity contribution is -0.139. The molecule has 0 aliphatic rings. The van der Waals surface area contributed by atoms with Crippen molar-refractivity contribution in [3.63, 3.8) is 0 Å². The van der Waals surface area contributed by atoms with Crippen LogP contribution in [0.15, 0.2) is 0 Å². The van der Waals surface area contributed by atoms with Gasteiger partial charge in [-0.1, -0.05) is 0 Å². The van der Waals surface area contributed by atoms with E-state index in [1.54, 1.807) is 12.3 Å². The maximum atomic E-state index is 11.4. The zero-order valence-corrected chi connectivity index (χ0v) is 10.6. The predicted octanol–water partition coefficient (Wildman–Crippen LogP) is 0.0242. The molecule has 0 spiro atoms. The number of sulfonamides is 1. The molecule has 0 aliphatic carbocycles. The normalized spacial score (nSPS) is 15.1. The van der Waals surface area contributed by atoms with E-state index in [2.05, 4.69) is 0 Å². The number of aliphatic carboxylic acids is 1. The van der Waals surface area contributed by atoms with Gasteiger partial charge < -0.3 is 5.11 Å². The third-order valence-corrected chi connectivity index (χ3v) is 4.16. The number of rotatable bonds is 7. The highest BCUT2D eigenvalue weighted by molar-refractivity contribution is 7.98. The van der Waals surface area contributed by atoms with Crippen molar-refractivity contribution in [1.82, 2.24) is 4.72 Å². The predicted molar refractivity (Wildman–Crippen MR) is 61.6 cm³/mol. The molecule has 0 saturated carbocycles. The number of carbonyl (C=O) groups is 1. The summed E-state index contributed by atoms with van der Waals surface area (Å²) in [6.07, 6.45) is 1.99. The van der Waals surface area contributed by atoms with Crippen molar-refractivity contribution in [1.29, 1.82) is 5.26 Å². The Balaban J connectivity index is 4.64. The molecule has 2 atom stereocenters. The minimum absolute atomic E-state index is 0.188. The molecule has 0 aromatic carbocycles. The van der Waals surface area contributed by atoms with Gasteiger partial charge in [0.05, 0.1) is 6.07 Å². The molecule has 16 heavy (non-hydrogen) atoms. The van der Waals surface area contributed by atoms with E-state index in [0.717, 1.165) is 0 Å². The summed E-state index contributed by atoms with van der Waals surface area (Å²) in [5, 5.41) is 16.0. The Morgan fingerprint density at radius 3 is 2.56 bits per heavy atom. The van der Waals surface area contributed by atoms with Crippen molar-refractivity contribution in [3.05, 3.63) is 0 Å². The van der Waals surface area contributed by atoms with Gasteiger partial charge in [-0.3, -0.25) is 4.79 Å². The maximum absolute atomic E-state index is 11.4. The van der Waals surface area contributed by atoms with Gasteiger partial charge in [-0.15, -0.1) is 0 Å². The van der Waals surface area contributed by atoms with Crippen LogP contribution in [0, 0.1) is 11.3 Å². The summed E-state index contributed by atoms with van der Waals surface area (Å²) in [4.78, 5) is 10.8. The van der Waals surface area contributed by atoms with E-state index < -0.39 is 27.3 Å². The topological polar surface area (TPSA) is 107 Å². The van der Waals surface area contributed by atoms with Crippen LogP contribution in [0.2, 0.25) is 0 Å². The molecule has 0 aromatic rings. The Hall–Kier alpha value is -0.780. The molecule has 2 N–H and O–H groups in total. The first-order valence-corrected chi connectivity index (χ1v) is 7.41. The smallest absolute Gasteiger partial charge is 0.321 e. The molecule has 6 nitrogen and oxygen atoms in total. The monoisotopic (exact) mass is 266 g/mol. The van der Waals surface area contributed by atoms with E-state index in [0.29, 0.717) is 5.75 Å². The lowest BCUT2D eigenvalue weighted by Gasteiger charge is -2.14. The minimum atomic E-state index is -3.89. The lowest BCUT2D eigenvalue weighted by atomic mass is 10.2. The van der Waals surface area contributed by atoms with Gasteiger partial charge in [0.25, 0.3) is 0 Å². The molecule has 2 unspecified atom stereocenters. The fraction of sp³-hybridized carbons (Fsp3) is 0.750. The van der Waals surface area contributed by atoms with Crippen LogP contribution in [0.25, 0.3) is 0 Å².